The number of rotatable bonds is 4. The van der Waals surface area contributed by atoms with Crippen molar-refractivity contribution in [1.82, 2.24) is 4.90 Å². The zero-order chi connectivity index (χ0) is 9.99. The van der Waals surface area contributed by atoms with Crippen LogP contribution in [0, 0.1) is 24.7 Å². The number of hydrogen-bond acceptors (Lipinski definition) is 1. The summed E-state index contributed by atoms with van der Waals surface area (Å²) in [4.78, 5) is 2.29. The van der Waals surface area contributed by atoms with Crippen LogP contribution in [0.25, 0.3) is 0 Å². The second kappa shape index (κ2) is 5.83. The molecule has 0 heterocycles. The zero-order valence-corrected chi connectivity index (χ0v) is 12.7. The average Bonchev–Trinajstić information content (AvgIpc) is 1.49. The normalized spacial score (nSPS) is 12.9. The molecule has 2 heteroatoms. The van der Waals surface area contributed by atoms with Crippen molar-refractivity contribution < 1.29 is 32.7 Å². The SMILES string of the molecule is [CH2-]C(C)(C)CN(C)CC([CH2-])(C)C.[Y]. The molecule has 13 heavy (non-hydrogen) atoms. The van der Waals surface area contributed by atoms with Gasteiger partial charge in [-0.1, -0.05) is 27.7 Å². The van der Waals surface area contributed by atoms with E-state index in [0.29, 0.717) is 0 Å². The Hall–Kier alpha value is 1.06. The predicted octanol–water partition coefficient (Wildman–Crippen LogP) is 2.64. The van der Waals surface area contributed by atoms with E-state index in [4.69, 9.17) is 0 Å². The van der Waals surface area contributed by atoms with E-state index in [-0.39, 0.29) is 43.5 Å². The fraction of sp³-hybridized carbons (Fsp3) is 0.818. The topological polar surface area (TPSA) is 3.24 Å². The van der Waals surface area contributed by atoms with Crippen LogP contribution in [0.2, 0.25) is 0 Å². The van der Waals surface area contributed by atoms with Gasteiger partial charge in [-0.05, 0) is 20.1 Å². The first-order chi connectivity index (χ1) is 5.10. The minimum atomic E-state index is 0. The van der Waals surface area contributed by atoms with Crippen LogP contribution in [-0.4, -0.2) is 25.0 Å². The summed E-state index contributed by atoms with van der Waals surface area (Å²) >= 11 is 0. The van der Waals surface area contributed by atoms with Crippen LogP contribution in [0.4, 0.5) is 0 Å². The molecule has 0 saturated heterocycles. The minimum Gasteiger partial charge on any atom is -0.337 e. The van der Waals surface area contributed by atoms with E-state index >= 15 is 0 Å². The summed E-state index contributed by atoms with van der Waals surface area (Å²) in [5.41, 5.74) is 0.278. The van der Waals surface area contributed by atoms with Gasteiger partial charge in [-0.2, -0.15) is 10.8 Å². The zero-order valence-electron chi connectivity index (χ0n) is 9.85. The van der Waals surface area contributed by atoms with Gasteiger partial charge in [0.05, 0.1) is 0 Å². The molecule has 0 aromatic carbocycles. The van der Waals surface area contributed by atoms with Crippen molar-refractivity contribution in [3.63, 3.8) is 0 Å². The molecule has 1 radical (unpaired) electrons. The smallest absolute Gasteiger partial charge is 0 e. The Kier molecular flexibility index (Phi) is 7.39. The quantitative estimate of drug-likeness (QED) is 0.701. The second-order valence-electron chi connectivity index (χ2n) is 5.50. The molecule has 0 unspecified atom stereocenters. The van der Waals surface area contributed by atoms with E-state index in [1.807, 2.05) is 0 Å². The summed E-state index contributed by atoms with van der Waals surface area (Å²) in [5.74, 6) is 0. The molecule has 0 aromatic rings. The van der Waals surface area contributed by atoms with Gasteiger partial charge in [0.25, 0.3) is 0 Å². The Labute approximate surface area is 110 Å². The number of hydrogen-bond donors (Lipinski definition) is 0. The van der Waals surface area contributed by atoms with Gasteiger partial charge in [-0.25, -0.2) is 0 Å². The summed E-state index contributed by atoms with van der Waals surface area (Å²) in [6.45, 7) is 18.8. The number of nitrogens with zero attached hydrogens (tertiary/aromatic N) is 1. The van der Waals surface area contributed by atoms with Gasteiger partial charge < -0.3 is 18.7 Å². The van der Waals surface area contributed by atoms with Crippen molar-refractivity contribution >= 4 is 0 Å². The van der Waals surface area contributed by atoms with Gasteiger partial charge in [-0.15, -0.1) is 0 Å². The van der Waals surface area contributed by atoms with Crippen molar-refractivity contribution in [2.75, 3.05) is 20.1 Å². The summed E-state index contributed by atoms with van der Waals surface area (Å²) in [5, 5.41) is 0. The summed E-state index contributed by atoms with van der Waals surface area (Å²) in [6, 6.07) is 0. The molecule has 0 atom stereocenters. The Morgan fingerprint density at radius 3 is 1.31 bits per heavy atom. The standard InChI is InChI=1S/C11H23N.Y/c1-10(2,3)8-12(7)9-11(4,5)6;/h1,4,8-9H2,2-3,5-7H3;/q-2;. The maximum Gasteiger partial charge on any atom is 0 e. The molecule has 0 aliphatic heterocycles. The molecular formula is C11H23NY-2. The fourth-order valence-corrected chi connectivity index (χ4v) is 1.52. The van der Waals surface area contributed by atoms with Crippen molar-refractivity contribution in [2.24, 2.45) is 10.8 Å². The maximum absolute atomic E-state index is 4.08. The molecule has 0 spiro atoms. The third kappa shape index (κ3) is 13.1. The van der Waals surface area contributed by atoms with Gasteiger partial charge in [0.15, 0.2) is 0 Å². The third-order valence-corrected chi connectivity index (χ3v) is 1.40. The van der Waals surface area contributed by atoms with Crippen molar-refractivity contribution in [2.45, 2.75) is 27.7 Å². The molecule has 0 bridgehead atoms. The second-order valence-corrected chi connectivity index (χ2v) is 5.50. The molecule has 0 aliphatic carbocycles. The van der Waals surface area contributed by atoms with Crippen molar-refractivity contribution in [1.29, 1.82) is 0 Å². The first kappa shape index (κ1) is 16.5. The summed E-state index contributed by atoms with van der Waals surface area (Å²) in [7, 11) is 2.12. The van der Waals surface area contributed by atoms with Gasteiger partial charge in [-0.3, -0.25) is 0 Å². The van der Waals surface area contributed by atoms with Crippen LogP contribution in [0.3, 0.4) is 0 Å². The predicted molar refractivity (Wildman–Crippen MR) is 55.8 cm³/mol. The van der Waals surface area contributed by atoms with Crippen molar-refractivity contribution in [3.05, 3.63) is 13.8 Å². The van der Waals surface area contributed by atoms with E-state index in [9.17, 15) is 0 Å². The van der Waals surface area contributed by atoms with Crippen LogP contribution < -0.4 is 0 Å². The molecule has 0 fully saturated rings. The van der Waals surface area contributed by atoms with E-state index < -0.39 is 0 Å². The van der Waals surface area contributed by atoms with E-state index in [0.717, 1.165) is 13.1 Å². The molecule has 77 valence electrons. The van der Waals surface area contributed by atoms with Crippen LogP contribution >= 0.6 is 0 Å². The minimum absolute atomic E-state index is 0. The van der Waals surface area contributed by atoms with Crippen molar-refractivity contribution in [3.8, 4) is 0 Å². The largest absolute Gasteiger partial charge is 0.337 e. The van der Waals surface area contributed by atoms with Gasteiger partial charge in [0.1, 0.15) is 0 Å². The molecular weight excluding hydrogens is 235 g/mol. The maximum atomic E-state index is 4.08. The first-order valence-electron chi connectivity index (χ1n) is 4.49. The molecule has 0 saturated carbocycles. The fourth-order valence-electron chi connectivity index (χ4n) is 1.52. The summed E-state index contributed by atoms with van der Waals surface area (Å²) in [6.07, 6.45) is 0. The van der Waals surface area contributed by atoms with Crippen LogP contribution in [0.15, 0.2) is 0 Å². The first-order valence-corrected chi connectivity index (χ1v) is 4.49. The molecule has 0 aromatic heterocycles. The van der Waals surface area contributed by atoms with Crippen LogP contribution in [-0.2, 0) is 32.7 Å². The van der Waals surface area contributed by atoms with Crippen LogP contribution in [0.5, 0.6) is 0 Å². The van der Waals surface area contributed by atoms with Gasteiger partial charge in [0.2, 0.25) is 0 Å². The molecule has 1 nitrogen and oxygen atoms in total. The Bertz CT molecular complexity index is 114. The van der Waals surface area contributed by atoms with Crippen LogP contribution in [0.1, 0.15) is 27.7 Å². The molecule has 0 aliphatic rings. The Morgan fingerprint density at radius 2 is 1.15 bits per heavy atom. The Morgan fingerprint density at radius 1 is 0.923 bits per heavy atom. The van der Waals surface area contributed by atoms with Gasteiger partial charge >= 0.3 is 0 Å². The molecule has 0 rings (SSSR count). The third-order valence-electron chi connectivity index (χ3n) is 1.40. The van der Waals surface area contributed by atoms with E-state index in [2.05, 4.69) is 53.5 Å². The van der Waals surface area contributed by atoms with E-state index in [1.54, 1.807) is 0 Å². The average molecular weight is 258 g/mol. The monoisotopic (exact) mass is 258 g/mol. The van der Waals surface area contributed by atoms with Gasteiger partial charge in [0, 0.05) is 32.7 Å². The molecule has 0 N–H and O–H groups in total. The molecule has 0 amide bonds. The van der Waals surface area contributed by atoms with E-state index in [1.165, 1.54) is 0 Å². The summed E-state index contributed by atoms with van der Waals surface area (Å²) < 4.78 is 0. The Balaban J connectivity index is 0.